The lowest BCUT2D eigenvalue weighted by Gasteiger charge is -2.36. The van der Waals surface area contributed by atoms with E-state index in [0.29, 0.717) is 18.7 Å². The molecule has 3 atom stereocenters. The summed E-state index contributed by atoms with van der Waals surface area (Å²) in [4.78, 5) is 36.1. The molecule has 1 amide bonds. The topological polar surface area (TPSA) is 101 Å². The second-order valence-electron chi connectivity index (χ2n) is 7.58. The SMILES string of the molecule is O=C(O)c1c(CNC(=O)C2(C(F)(F)F)CC3CC(=O)C2C3)nn2c1CCC2. The van der Waals surface area contributed by atoms with Crippen molar-refractivity contribution in [3.8, 4) is 0 Å². The molecule has 4 rings (SSSR count). The minimum absolute atomic E-state index is 0.0392. The van der Waals surface area contributed by atoms with Crippen LogP contribution in [0.5, 0.6) is 0 Å². The molecule has 0 spiro atoms. The van der Waals surface area contributed by atoms with Crippen LogP contribution >= 0.6 is 0 Å². The van der Waals surface area contributed by atoms with Crippen LogP contribution in [-0.2, 0) is 29.1 Å². The molecular formula is C17H18F3N3O4. The summed E-state index contributed by atoms with van der Waals surface area (Å²) in [6.45, 7) is 0.123. The molecule has 2 heterocycles. The third-order valence-electron chi connectivity index (χ3n) is 6.11. The number of carboxylic acids is 1. The predicted molar refractivity (Wildman–Crippen MR) is 83.7 cm³/mol. The van der Waals surface area contributed by atoms with Crippen LogP contribution in [0.2, 0.25) is 0 Å². The Morgan fingerprint density at radius 3 is 2.70 bits per heavy atom. The van der Waals surface area contributed by atoms with Crippen molar-refractivity contribution in [2.75, 3.05) is 0 Å². The molecule has 2 fully saturated rings. The summed E-state index contributed by atoms with van der Waals surface area (Å²) in [7, 11) is 0. The van der Waals surface area contributed by atoms with Crippen molar-refractivity contribution in [1.82, 2.24) is 15.1 Å². The lowest BCUT2D eigenvalue weighted by atomic mass is 9.71. The second kappa shape index (κ2) is 5.80. The van der Waals surface area contributed by atoms with Crippen LogP contribution in [0, 0.1) is 17.3 Å². The number of halogens is 3. The molecule has 10 heteroatoms. The van der Waals surface area contributed by atoms with Gasteiger partial charge in [-0.3, -0.25) is 14.3 Å². The van der Waals surface area contributed by atoms with Crippen molar-refractivity contribution >= 4 is 17.7 Å². The van der Waals surface area contributed by atoms with E-state index in [9.17, 15) is 32.7 Å². The summed E-state index contributed by atoms with van der Waals surface area (Å²) in [5.74, 6) is -4.79. The van der Waals surface area contributed by atoms with Crippen molar-refractivity contribution in [2.24, 2.45) is 17.3 Å². The molecule has 2 saturated carbocycles. The Hall–Kier alpha value is -2.39. The number of carbonyl (C=O) groups excluding carboxylic acids is 2. The molecule has 27 heavy (non-hydrogen) atoms. The summed E-state index contributed by atoms with van der Waals surface area (Å²) in [5, 5.41) is 15.8. The van der Waals surface area contributed by atoms with Crippen molar-refractivity contribution in [3.63, 3.8) is 0 Å². The Kier molecular flexibility index (Phi) is 3.87. The smallest absolute Gasteiger partial charge is 0.403 e. The number of alkyl halides is 3. The fourth-order valence-corrected chi connectivity index (χ4v) is 4.98. The van der Waals surface area contributed by atoms with E-state index < -0.39 is 54.1 Å². The summed E-state index contributed by atoms with van der Waals surface area (Å²) in [5.41, 5.74) is -2.22. The third-order valence-corrected chi connectivity index (χ3v) is 6.11. The first-order valence-electron chi connectivity index (χ1n) is 8.84. The number of aryl methyl sites for hydroxylation is 1. The summed E-state index contributed by atoms with van der Waals surface area (Å²) < 4.78 is 43.0. The number of carbonyl (C=O) groups is 3. The van der Waals surface area contributed by atoms with E-state index in [0.717, 1.165) is 6.42 Å². The number of ketones is 1. The Balaban J connectivity index is 1.59. The lowest BCUT2D eigenvalue weighted by molar-refractivity contribution is -0.234. The zero-order valence-corrected chi connectivity index (χ0v) is 14.3. The van der Waals surface area contributed by atoms with E-state index >= 15 is 0 Å². The van der Waals surface area contributed by atoms with Gasteiger partial charge in [-0.2, -0.15) is 18.3 Å². The molecule has 1 aromatic heterocycles. The standard InChI is InChI=1S/C17H18F3N3O4/c18-17(19,20)16(6-8-4-9(16)12(24)5-8)15(27)21-7-10-13(14(25)26)11-2-1-3-23(11)22-10/h8-9H,1-7H2,(H,21,27)(H,25,26). The van der Waals surface area contributed by atoms with Gasteiger partial charge in [0.2, 0.25) is 5.91 Å². The molecular weight excluding hydrogens is 367 g/mol. The van der Waals surface area contributed by atoms with Gasteiger partial charge in [0.25, 0.3) is 0 Å². The van der Waals surface area contributed by atoms with Crippen molar-refractivity contribution in [3.05, 3.63) is 17.0 Å². The van der Waals surface area contributed by atoms with Crippen LogP contribution in [0.1, 0.15) is 47.4 Å². The van der Waals surface area contributed by atoms with Gasteiger partial charge in [0.05, 0.1) is 17.9 Å². The molecule has 0 aromatic carbocycles. The van der Waals surface area contributed by atoms with Crippen molar-refractivity contribution in [2.45, 2.75) is 51.4 Å². The summed E-state index contributed by atoms with van der Waals surface area (Å²) in [6.07, 6.45) is -3.81. The first-order chi connectivity index (χ1) is 12.6. The van der Waals surface area contributed by atoms with E-state index in [1.165, 1.54) is 4.68 Å². The van der Waals surface area contributed by atoms with Gasteiger partial charge < -0.3 is 10.4 Å². The maximum absolute atomic E-state index is 13.8. The van der Waals surface area contributed by atoms with E-state index in [1.807, 2.05) is 0 Å². The minimum Gasteiger partial charge on any atom is -0.478 e. The van der Waals surface area contributed by atoms with Gasteiger partial charge in [0, 0.05) is 18.9 Å². The average molecular weight is 385 g/mol. The number of rotatable bonds is 4. The Morgan fingerprint density at radius 2 is 2.11 bits per heavy atom. The molecule has 2 N–H and O–H groups in total. The number of hydrogen-bond acceptors (Lipinski definition) is 4. The van der Waals surface area contributed by atoms with Gasteiger partial charge in [-0.25, -0.2) is 4.79 Å². The highest BCUT2D eigenvalue weighted by molar-refractivity contribution is 5.95. The minimum atomic E-state index is -4.85. The molecule has 3 unspecified atom stereocenters. The van der Waals surface area contributed by atoms with Crippen LogP contribution < -0.4 is 5.32 Å². The van der Waals surface area contributed by atoms with Gasteiger partial charge in [0.15, 0.2) is 5.41 Å². The number of nitrogens with zero attached hydrogens (tertiary/aromatic N) is 2. The van der Waals surface area contributed by atoms with Gasteiger partial charge in [-0.15, -0.1) is 0 Å². The highest BCUT2D eigenvalue weighted by atomic mass is 19.4. The molecule has 1 aliphatic heterocycles. The Bertz CT molecular complexity index is 847. The van der Waals surface area contributed by atoms with Gasteiger partial charge >= 0.3 is 12.1 Å². The fourth-order valence-electron chi connectivity index (χ4n) is 4.98. The number of amides is 1. The molecule has 1 aromatic rings. The van der Waals surface area contributed by atoms with E-state index in [-0.39, 0.29) is 24.1 Å². The van der Waals surface area contributed by atoms with Crippen LogP contribution in [0.3, 0.4) is 0 Å². The van der Waals surface area contributed by atoms with Crippen LogP contribution in [0.4, 0.5) is 13.2 Å². The monoisotopic (exact) mass is 385 g/mol. The van der Waals surface area contributed by atoms with E-state index in [1.54, 1.807) is 0 Å². The van der Waals surface area contributed by atoms with Crippen molar-refractivity contribution in [1.29, 1.82) is 0 Å². The number of fused-ring (bicyclic) bond motifs is 3. The number of aromatic carboxylic acids is 1. The van der Waals surface area contributed by atoms with E-state index in [4.69, 9.17) is 0 Å². The molecule has 2 bridgehead atoms. The molecule has 3 aliphatic rings. The van der Waals surface area contributed by atoms with E-state index in [2.05, 4.69) is 10.4 Å². The van der Waals surface area contributed by atoms with Crippen LogP contribution in [0.15, 0.2) is 0 Å². The number of hydrogen-bond donors (Lipinski definition) is 2. The molecule has 0 saturated heterocycles. The van der Waals surface area contributed by atoms with Crippen molar-refractivity contribution < 1.29 is 32.7 Å². The molecule has 0 radical (unpaired) electrons. The third kappa shape index (κ3) is 2.49. The maximum Gasteiger partial charge on any atom is 0.403 e. The highest BCUT2D eigenvalue weighted by Crippen LogP contribution is 2.61. The number of aromatic nitrogens is 2. The molecule has 146 valence electrons. The van der Waals surface area contributed by atoms with Crippen LogP contribution in [-0.4, -0.2) is 38.7 Å². The zero-order valence-electron chi connectivity index (χ0n) is 14.3. The predicted octanol–water partition coefficient (Wildman–Crippen LogP) is 1.69. The van der Waals surface area contributed by atoms with Gasteiger partial charge in [-0.1, -0.05) is 0 Å². The zero-order chi connectivity index (χ0) is 19.6. The average Bonchev–Trinajstić information content (AvgIpc) is 3.29. The first-order valence-corrected chi connectivity index (χ1v) is 8.84. The Morgan fingerprint density at radius 1 is 1.37 bits per heavy atom. The molecule has 2 aliphatic carbocycles. The second-order valence-corrected chi connectivity index (χ2v) is 7.58. The van der Waals surface area contributed by atoms with Gasteiger partial charge in [-0.05, 0) is 31.6 Å². The highest BCUT2D eigenvalue weighted by Gasteiger charge is 2.72. The lowest BCUT2D eigenvalue weighted by Crippen LogP contribution is -2.55. The quantitative estimate of drug-likeness (QED) is 0.821. The summed E-state index contributed by atoms with van der Waals surface area (Å²) in [6, 6.07) is 0. The number of carboxylic acid groups (broad SMARTS) is 1. The number of nitrogens with one attached hydrogen (secondary N) is 1. The number of Topliss-reactive ketones (excluding diaryl/α,β-unsaturated/α-hetero) is 1. The molecule has 7 nitrogen and oxygen atoms in total. The largest absolute Gasteiger partial charge is 0.478 e. The normalized spacial score (nSPS) is 29.2. The fraction of sp³-hybridized carbons (Fsp3) is 0.647. The first kappa shape index (κ1) is 18.0. The maximum atomic E-state index is 13.8. The van der Waals surface area contributed by atoms with Gasteiger partial charge in [0.1, 0.15) is 11.3 Å². The summed E-state index contributed by atoms with van der Waals surface area (Å²) >= 11 is 0. The Labute approximate surface area is 151 Å². The van der Waals surface area contributed by atoms with Crippen LogP contribution in [0.25, 0.3) is 0 Å².